The van der Waals surface area contributed by atoms with E-state index in [2.05, 4.69) is 0 Å². The van der Waals surface area contributed by atoms with Gasteiger partial charge in [-0.2, -0.15) is 4.31 Å². The van der Waals surface area contributed by atoms with Crippen molar-refractivity contribution >= 4 is 50.7 Å². The van der Waals surface area contributed by atoms with Crippen LogP contribution in [0.5, 0.6) is 11.5 Å². The van der Waals surface area contributed by atoms with E-state index in [1.807, 2.05) is 0 Å². The van der Waals surface area contributed by atoms with E-state index in [0.717, 1.165) is 9.80 Å². The first kappa shape index (κ1) is 23.4. The summed E-state index contributed by atoms with van der Waals surface area (Å²) >= 11 is 12.1. The zero-order chi connectivity index (χ0) is 24.0. The molecule has 0 bridgehead atoms. The molecule has 3 aliphatic heterocycles. The summed E-state index contributed by atoms with van der Waals surface area (Å²) in [5.41, 5.74) is 0.342. The van der Waals surface area contributed by atoms with Crippen LogP contribution in [-0.4, -0.2) is 70.0 Å². The van der Waals surface area contributed by atoms with Crippen molar-refractivity contribution in [3.8, 4) is 11.5 Å². The lowest BCUT2D eigenvalue weighted by atomic mass is 10.2. The van der Waals surface area contributed by atoms with Gasteiger partial charge in [0, 0.05) is 16.1 Å². The molecule has 3 heterocycles. The van der Waals surface area contributed by atoms with Crippen molar-refractivity contribution < 1.29 is 32.4 Å². The Hall–Kier alpha value is -2.37. The van der Waals surface area contributed by atoms with Crippen LogP contribution in [0, 0.1) is 0 Å². The number of amides is 2. The molecule has 0 aromatic heterocycles. The lowest BCUT2D eigenvalue weighted by Crippen LogP contribution is -3.19. The summed E-state index contributed by atoms with van der Waals surface area (Å²) in [5, 5.41) is 0.661. The van der Waals surface area contributed by atoms with Gasteiger partial charge in [-0.15, -0.1) is 0 Å². The molecule has 1 atom stereocenters. The second-order valence-electron chi connectivity index (χ2n) is 8.32. The number of rotatable bonds is 4. The number of piperazine rings is 1. The highest BCUT2D eigenvalue weighted by atomic mass is 35.5. The highest BCUT2D eigenvalue weighted by Crippen LogP contribution is 2.33. The van der Waals surface area contributed by atoms with E-state index < -0.39 is 16.1 Å². The third-order valence-electron chi connectivity index (χ3n) is 6.26. The van der Waals surface area contributed by atoms with Crippen molar-refractivity contribution in [1.29, 1.82) is 0 Å². The number of imide groups is 1. The van der Waals surface area contributed by atoms with E-state index in [4.69, 9.17) is 32.7 Å². The monoisotopic (exact) mass is 526 g/mol. The first-order valence-electron chi connectivity index (χ1n) is 10.8. The summed E-state index contributed by atoms with van der Waals surface area (Å²) in [4.78, 5) is 27.9. The summed E-state index contributed by atoms with van der Waals surface area (Å²) in [6, 6.07) is 8.59. The van der Waals surface area contributed by atoms with Crippen LogP contribution >= 0.6 is 23.2 Å². The van der Waals surface area contributed by atoms with Crippen molar-refractivity contribution in [3.63, 3.8) is 0 Å². The van der Waals surface area contributed by atoms with E-state index in [1.54, 1.807) is 6.07 Å². The first-order chi connectivity index (χ1) is 16.2. The number of nitrogens with one attached hydrogen (secondary N) is 1. The SMILES string of the molecule is O=C1C[C@H]([NH+]2CCN(S(=O)(=O)c3ccc4c(c3)OCCO4)CC2)C(=O)N1c1cc(Cl)cc(Cl)c1. The van der Waals surface area contributed by atoms with Gasteiger partial charge in [0.1, 0.15) is 13.2 Å². The van der Waals surface area contributed by atoms with Gasteiger partial charge in [0.15, 0.2) is 17.5 Å². The molecule has 0 saturated carbocycles. The average molecular weight is 527 g/mol. The molecule has 1 N–H and O–H groups in total. The summed E-state index contributed by atoms with van der Waals surface area (Å²) in [7, 11) is -3.74. The fraction of sp³-hybridized carbons (Fsp3) is 0.364. The van der Waals surface area contributed by atoms with E-state index >= 15 is 0 Å². The Morgan fingerprint density at radius 1 is 0.912 bits per heavy atom. The zero-order valence-electron chi connectivity index (χ0n) is 18.0. The number of quaternary nitrogens is 1. The van der Waals surface area contributed by atoms with Gasteiger partial charge in [-0.05, 0) is 30.3 Å². The van der Waals surface area contributed by atoms with E-state index in [1.165, 1.54) is 34.6 Å². The standard InChI is InChI=1S/C22H21Cl2N3O6S/c23-14-9-15(24)11-16(10-14)27-21(28)13-18(22(27)29)25-3-5-26(6-4-25)34(30,31)17-1-2-19-20(12-17)33-8-7-32-19/h1-2,9-12,18H,3-8,13H2/p+1/t18-/m0/s1. The van der Waals surface area contributed by atoms with E-state index in [-0.39, 0.29) is 36.2 Å². The molecule has 34 heavy (non-hydrogen) atoms. The summed E-state index contributed by atoms with van der Waals surface area (Å²) in [6.07, 6.45) is 0.0488. The second-order valence-corrected chi connectivity index (χ2v) is 11.1. The van der Waals surface area contributed by atoms with Crippen LogP contribution in [0.1, 0.15) is 6.42 Å². The molecule has 2 aromatic rings. The van der Waals surface area contributed by atoms with Crippen LogP contribution in [0.3, 0.4) is 0 Å². The number of hydrogen-bond acceptors (Lipinski definition) is 6. The van der Waals surface area contributed by atoms with Crippen LogP contribution in [-0.2, 0) is 19.6 Å². The maximum Gasteiger partial charge on any atom is 0.292 e. The fourth-order valence-electron chi connectivity index (χ4n) is 4.59. The molecule has 0 aliphatic carbocycles. The minimum absolute atomic E-state index is 0.0488. The van der Waals surface area contributed by atoms with Gasteiger partial charge in [0.05, 0.1) is 43.2 Å². The van der Waals surface area contributed by atoms with Crippen molar-refractivity contribution in [2.45, 2.75) is 17.4 Å². The Morgan fingerprint density at radius 2 is 1.56 bits per heavy atom. The molecule has 5 rings (SSSR count). The van der Waals surface area contributed by atoms with Gasteiger partial charge in [-0.25, -0.2) is 13.3 Å². The molecule has 0 unspecified atom stereocenters. The summed E-state index contributed by atoms with van der Waals surface area (Å²) in [6.45, 7) is 2.05. The number of carbonyl (C=O) groups is 2. The predicted octanol–water partition coefficient (Wildman–Crippen LogP) is 0.986. The molecular weight excluding hydrogens is 505 g/mol. The van der Waals surface area contributed by atoms with Gasteiger partial charge in [-0.3, -0.25) is 9.59 Å². The second kappa shape index (κ2) is 9.01. The Morgan fingerprint density at radius 3 is 2.24 bits per heavy atom. The maximum atomic E-state index is 13.2. The molecule has 12 heteroatoms. The Bertz CT molecular complexity index is 1240. The Balaban J connectivity index is 1.28. The van der Waals surface area contributed by atoms with Crippen LogP contribution in [0.4, 0.5) is 5.69 Å². The number of halogens is 2. The topological polar surface area (TPSA) is 97.7 Å². The van der Waals surface area contributed by atoms with Crippen molar-refractivity contribution in [1.82, 2.24) is 4.31 Å². The molecule has 2 amide bonds. The summed E-state index contributed by atoms with van der Waals surface area (Å²) in [5.74, 6) is 0.274. The third kappa shape index (κ3) is 4.25. The van der Waals surface area contributed by atoms with Gasteiger partial charge < -0.3 is 14.4 Å². The quantitative estimate of drug-likeness (QED) is 0.596. The number of ether oxygens (including phenoxy) is 2. The smallest absolute Gasteiger partial charge is 0.292 e. The largest absolute Gasteiger partial charge is 0.486 e. The Labute approximate surface area is 206 Å². The average Bonchev–Trinajstić information content (AvgIpc) is 3.12. The molecule has 2 aromatic carbocycles. The normalized spacial score (nSPS) is 21.8. The van der Waals surface area contributed by atoms with Gasteiger partial charge in [0.25, 0.3) is 5.91 Å². The van der Waals surface area contributed by atoms with Crippen molar-refractivity contribution in [2.24, 2.45) is 0 Å². The highest BCUT2D eigenvalue weighted by molar-refractivity contribution is 7.89. The summed E-state index contributed by atoms with van der Waals surface area (Å²) < 4.78 is 38.7. The maximum absolute atomic E-state index is 13.2. The lowest BCUT2D eigenvalue weighted by Gasteiger charge is -2.33. The number of carbonyl (C=O) groups excluding carboxylic acids is 2. The predicted molar refractivity (Wildman–Crippen MR) is 124 cm³/mol. The van der Waals surface area contributed by atoms with Crippen molar-refractivity contribution in [3.05, 3.63) is 46.4 Å². The molecule has 2 fully saturated rings. The van der Waals surface area contributed by atoms with E-state index in [9.17, 15) is 18.0 Å². The molecule has 0 spiro atoms. The van der Waals surface area contributed by atoms with Crippen LogP contribution in [0.25, 0.3) is 0 Å². The fourth-order valence-corrected chi connectivity index (χ4v) is 6.56. The zero-order valence-corrected chi connectivity index (χ0v) is 20.3. The number of nitrogens with zero attached hydrogens (tertiary/aromatic N) is 2. The number of fused-ring (bicyclic) bond motifs is 1. The van der Waals surface area contributed by atoms with Gasteiger partial charge >= 0.3 is 0 Å². The number of hydrogen-bond donors (Lipinski definition) is 1. The molecule has 3 aliphatic rings. The number of benzene rings is 2. The molecule has 2 saturated heterocycles. The first-order valence-corrected chi connectivity index (χ1v) is 13.0. The van der Waals surface area contributed by atoms with Gasteiger partial charge in [-0.1, -0.05) is 23.2 Å². The third-order valence-corrected chi connectivity index (χ3v) is 8.59. The molecule has 0 radical (unpaired) electrons. The van der Waals surface area contributed by atoms with Crippen LogP contribution in [0.15, 0.2) is 41.3 Å². The Kier molecular flexibility index (Phi) is 6.19. The minimum atomic E-state index is -3.74. The lowest BCUT2D eigenvalue weighted by molar-refractivity contribution is -0.918. The molecule has 180 valence electrons. The minimum Gasteiger partial charge on any atom is -0.486 e. The van der Waals surface area contributed by atoms with Crippen LogP contribution in [0.2, 0.25) is 10.0 Å². The highest BCUT2D eigenvalue weighted by Gasteiger charge is 2.47. The van der Waals surface area contributed by atoms with Crippen molar-refractivity contribution in [2.75, 3.05) is 44.3 Å². The van der Waals surface area contributed by atoms with Gasteiger partial charge in [0.2, 0.25) is 15.9 Å². The molecule has 9 nitrogen and oxygen atoms in total. The number of sulfonamides is 1. The van der Waals surface area contributed by atoms with Crippen LogP contribution < -0.4 is 19.3 Å². The number of anilines is 1. The molecular formula is C22H22Cl2N3O6S+. The van der Waals surface area contributed by atoms with E-state index in [0.29, 0.717) is 53.5 Å².